The molecule has 0 amide bonds. The van der Waals surface area contributed by atoms with Crippen LogP contribution in [-0.4, -0.2) is 18.3 Å². The first-order valence-corrected chi connectivity index (χ1v) is 6.34. The molecule has 3 nitrogen and oxygen atoms in total. The molecule has 0 radical (unpaired) electrons. The van der Waals surface area contributed by atoms with Gasteiger partial charge in [0, 0.05) is 16.9 Å². The van der Waals surface area contributed by atoms with Crippen molar-refractivity contribution in [3.05, 3.63) is 30.3 Å². The van der Waals surface area contributed by atoms with Gasteiger partial charge in [-0.3, -0.25) is 0 Å². The Hall–Kier alpha value is -1.33. The van der Waals surface area contributed by atoms with Crippen LogP contribution in [-0.2, 0) is 9.31 Å². The standard InChI is InChI=1S/C14H16BFO3/c1-13(2)14(3,4)19-15(18-13)10-7-5-6-9-8-11(16)17-12(9)10/h5-8H,1-4H3. The van der Waals surface area contributed by atoms with Crippen LogP contribution in [0.2, 0.25) is 0 Å². The Morgan fingerprint density at radius 2 is 1.68 bits per heavy atom. The number of benzene rings is 1. The third kappa shape index (κ3) is 1.88. The summed E-state index contributed by atoms with van der Waals surface area (Å²) in [6, 6.07) is 6.25. The number of fused-ring (bicyclic) bond motifs is 1. The quantitative estimate of drug-likeness (QED) is 0.740. The fourth-order valence-electron chi connectivity index (χ4n) is 2.21. The van der Waals surface area contributed by atoms with E-state index in [0.29, 0.717) is 11.0 Å². The maximum Gasteiger partial charge on any atom is 0.498 e. The summed E-state index contributed by atoms with van der Waals surface area (Å²) in [5.41, 5.74) is 0.356. The van der Waals surface area contributed by atoms with Crippen LogP contribution in [0.15, 0.2) is 28.7 Å². The van der Waals surface area contributed by atoms with Crippen molar-refractivity contribution in [3.8, 4) is 0 Å². The zero-order valence-electron chi connectivity index (χ0n) is 11.5. The molecule has 3 rings (SSSR count). The van der Waals surface area contributed by atoms with Crippen molar-refractivity contribution in [1.29, 1.82) is 0 Å². The normalized spacial score (nSPS) is 21.2. The van der Waals surface area contributed by atoms with E-state index in [1.54, 1.807) is 6.07 Å². The average molecular weight is 262 g/mol. The molecule has 100 valence electrons. The van der Waals surface area contributed by atoms with Crippen molar-refractivity contribution < 1.29 is 18.1 Å². The van der Waals surface area contributed by atoms with Gasteiger partial charge in [-0.25, -0.2) is 0 Å². The molecule has 0 saturated carbocycles. The largest absolute Gasteiger partial charge is 0.498 e. The third-order valence-electron chi connectivity index (χ3n) is 4.05. The van der Waals surface area contributed by atoms with E-state index in [1.165, 1.54) is 6.07 Å². The van der Waals surface area contributed by atoms with Gasteiger partial charge in [0.05, 0.1) is 11.2 Å². The lowest BCUT2D eigenvalue weighted by atomic mass is 9.78. The second-order valence-electron chi connectivity index (χ2n) is 5.90. The molecular weight excluding hydrogens is 246 g/mol. The molecule has 0 spiro atoms. The lowest BCUT2D eigenvalue weighted by Gasteiger charge is -2.32. The van der Waals surface area contributed by atoms with E-state index >= 15 is 0 Å². The smallest absolute Gasteiger partial charge is 0.431 e. The van der Waals surface area contributed by atoms with Crippen molar-refractivity contribution in [2.24, 2.45) is 0 Å². The summed E-state index contributed by atoms with van der Waals surface area (Å²) in [6.07, 6.45) is 0. The number of furan rings is 1. The SMILES string of the molecule is CC1(C)OB(c2cccc3cc(F)oc23)OC1(C)C. The summed E-state index contributed by atoms with van der Waals surface area (Å²) in [5, 5.41) is 0.713. The van der Waals surface area contributed by atoms with Crippen LogP contribution in [0, 0.1) is 6.01 Å². The molecule has 2 aromatic rings. The number of hydrogen-bond donors (Lipinski definition) is 0. The minimum Gasteiger partial charge on any atom is -0.431 e. The molecule has 2 heterocycles. The molecule has 0 unspecified atom stereocenters. The minimum absolute atomic E-state index is 0.426. The summed E-state index contributed by atoms with van der Waals surface area (Å²) in [7, 11) is -0.542. The van der Waals surface area contributed by atoms with Crippen molar-refractivity contribution >= 4 is 23.6 Å². The van der Waals surface area contributed by atoms with E-state index in [9.17, 15) is 4.39 Å². The van der Waals surface area contributed by atoms with E-state index in [4.69, 9.17) is 13.7 Å². The summed E-state index contributed by atoms with van der Waals surface area (Å²) in [6.45, 7) is 7.93. The third-order valence-corrected chi connectivity index (χ3v) is 4.05. The molecular formula is C14H16BFO3. The highest BCUT2D eigenvalue weighted by Crippen LogP contribution is 2.37. The van der Waals surface area contributed by atoms with Gasteiger partial charge in [0.15, 0.2) is 0 Å². The average Bonchev–Trinajstić information content (AvgIpc) is 2.75. The Bertz CT molecular complexity index is 617. The molecule has 0 aliphatic carbocycles. The number of rotatable bonds is 1. The van der Waals surface area contributed by atoms with Gasteiger partial charge in [-0.1, -0.05) is 18.2 Å². The lowest BCUT2D eigenvalue weighted by molar-refractivity contribution is 0.00578. The number of halogens is 1. The lowest BCUT2D eigenvalue weighted by Crippen LogP contribution is -2.41. The highest BCUT2D eigenvalue weighted by molar-refractivity contribution is 6.64. The van der Waals surface area contributed by atoms with E-state index in [2.05, 4.69) is 0 Å². The zero-order valence-corrected chi connectivity index (χ0v) is 11.5. The minimum atomic E-state index is -0.598. The van der Waals surface area contributed by atoms with Gasteiger partial charge in [-0.2, -0.15) is 4.39 Å². The first-order valence-electron chi connectivity index (χ1n) is 6.34. The Morgan fingerprint density at radius 3 is 2.32 bits per heavy atom. The van der Waals surface area contributed by atoms with E-state index in [-0.39, 0.29) is 0 Å². The predicted molar refractivity (Wildman–Crippen MR) is 71.9 cm³/mol. The second-order valence-corrected chi connectivity index (χ2v) is 5.90. The summed E-state index contributed by atoms with van der Waals surface area (Å²) < 4.78 is 30.3. The topological polar surface area (TPSA) is 31.6 Å². The maximum absolute atomic E-state index is 13.2. The van der Waals surface area contributed by atoms with Crippen LogP contribution in [0.3, 0.4) is 0 Å². The summed E-state index contributed by atoms with van der Waals surface area (Å²) in [5.74, 6) is 0. The Labute approximate surface area is 111 Å². The van der Waals surface area contributed by atoms with E-state index in [1.807, 2.05) is 39.8 Å². The van der Waals surface area contributed by atoms with Crippen LogP contribution in [0.5, 0.6) is 0 Å². The molecule has 1 aromatic carbocycles. The molecule has 1 fully saturated rings. The molecule has 0 atom stereocenters. The van der Waals surface area contributed by atoms with E-state index in [0.717, 1.165) is 5.46 Å². The predicted octanol–water partition coefficient (Wildman–Crippen LogP) is 2.87. The summed E-state index contributed by atoms with van der Waals surface area (Å²) >= 11 is 0. The van der Waals surface area contributed by atoms with Gasteiger partial charge in [-0.05, 0) is 27.7 Å². The monoisotopic (exact) mass is 262 g/mol. The van der Waals surface area contributed by atoms with Crippen LogP contribution >= 0.6 is 0 Å². The highest BCUT2D eigenvalue weighted by atomic mass is 19.1. The molecule has 1 aliphatic rings. The summed E-state index contributed by atoms with van der Waals surface area (Å²) in [4.78, 5) is 0. The van der Waals surface area contributed by atoms with Crippen LogP contribution in [0.4, 0.5) is 4.39 Å². The van der Waals surface area contributed by atoms with Crippen molar-refractivity contribution in [2.75, 3.05) is 0 Å². The molecule has 1 aliphatic heterocycles. The van der Waals surface area contributed by atoms with Gasteiger partial charge in [0.25, 0.3) is 6.01 Å². The van der Waals surface area contributed by atoms with Gasteiger partial charge in [0.2, 0.25) is 0 Å². The molecule has 1 saturated heterocycles. The Morgan fingerprint density at radius 1 is 1.05 bits per heavy atom. The molecule has 1 aromatic heterocycles. The van der Waals surface area contributed by atoms with Crippen LogP contribution < -0.4 is 5.46 Å². The van der Waals surface area contributed by atoms with Gasteiger partial charge in [0.1, 0.15) is 5.58 Å². The first-order chi connectivity index (χ1) is 8.80. The Kier molecular flexibility index (Phi) is 2.56. The van der Waals surface area contributed by atoms with Crippen molar-refractivity contribution in [3.63, 3.8) is 0 Å². The highest BCUT2D eigenvalue weighted by Gasteiger charge is 2.52. The first kappa shape index (κ1) is 12.7. The van der Waals surface area contributed by atoms with Gasteiger partial charge < -0.3 is 13.7 Å². The van der Waals surface area contributed by atoms with E-state index < -0.39 is 24.3 Å². The molecule has 5 heteroatoms. The van der Waals surface area contributed by atoms with Gasteiger partial charge >= 0.3 is 7.12 Å². The Balaban J connectivity index is 2.07. The molecule has 0 bridgehead atoms. The van der Waals surface area contributed by atoms with Crippen LogP contribution in [0.1, 0.15) is 27.7 Å². The van der Waals surface area contributed by atoms with Gasteiger partial charge in [-0.15, -0.1) is 0 Å². The fourth-order valence-corrected chi connectivity index (χ4v) is 2.21. The van der Waals surface area contributed by atoms with Crippen molar-refractivity contribution in [2.45, 2.75) is 38.9 Å². The molecule has 0 N–H and O–H groups in total. The van der Waals surface area contributed by atoms with Crippen molar-refractivity contribution in [1.82, 2.24) is 0 Å². The van der Waals surface area contributed by atoms with Crippen LogP contribution in [0.25, 0.3) is 11.0 Å². The fraction of sp³-hybridized carbons (Fsp3) is 0.429. The number of para-hydroxylation sites is 1. The number of hydrogen-bond acceptors (Lipinski definition) is 3. The second kappa shape index (κ2) is 3.84. The maximum atomic E-state index is 13.2. The molecule has 19 heavy (non-hydrogen) atoms. The zero-order chi connectivity index (χ0) is 13.8.